The molecule has 0 aromatic heterocycles. The number of aryl methyl sites for hydroxylation is 1. The number of amides is 1. The quantitative estimate of drug-likeness (QED) is 0.626. The lowest BCUT2D eigenvalue weighted by atomic mass is 10.1. The number of halogens is 1. The Hall–Kier alpha value is -2.60. The zero-order chi connectivity index (χ0) is 17.7. The zero-order valence-corrected chi connectivity index (χ0v) is 14.0. The van der Waals surface area contributed by atoms with Gasteiger partial charge in [-0.05, 0) is 31.0 Å². The summed E-state index contributed by atoms with van der Waals surface area (Å²) in [5, 5.41) is 13.6. The Labute approximate surface area is 144 Å². The summed E-state index contributed by atoms with van der Waals surface area (Å²) in [7, 11) is 0. The van der Waals surface area contributed by atoms with Crippen LogP contribution in [0.1, 0.15) is 19.4 Å². The number of hydrogen-bond acceptors (Lipinski definition) is 4. The topological polar surface area (TPSA) is 81.5 Å². The number of nitro groups is 1. The average Bonchev–Trinajstić information content (AvgIpc) is 2.57. The molecule has 2 aromatic carbocycles. The molecule has 0 heterocycles. The highest BCUT2D eigenvalue weighted by molar-refractivity contribution is 6.33. The second-order valence-electron chi connectivity index (χ2n) is 5.13. The summed E-state index contributed by atoms with van der Waals surface area (Å²) in [6.45, 7) is 3.60. The van der Waals surface area contributed by atoms with Crippen molar-refractivity contribution < 1.29 is 14.5 Å². The Morgan fingerprint density at radius 2 is 2.04 bits per heavy atom. The number of anilines is 1. The van der Waals surface area contributed by atoms with Crippen molar-refractivity contribution in [2.45, 2.75) is 26.4 Å². The number of nitro benzene ring substituents is 1. The van der Waals surface area contributed by atoms with E-state index in [1.807, 2.05) is 25.1 Å². The number of benzene rings is 2. The summed E-state index contributed by atoms with van der Waals surface area (Å²) in [6.07, 6.45) is -0.00524. The maximum absolute atomic E-state index is 12.3. The number of carbonyl (C=O) groups is 1. The molecular formula is C17H17ClN2O4. The summed E-state index contributed by atoms with van der Waals surface area (Å²) in [5.74, 6) is 0.191. The van der Waals surface area contributed by atoms with Gasteiger partial charge in [-0.1, -0.05) is 36.7 Å². The zero-order valence-electron chi connectivity index (χ0n) is 13.3. The lowest BCUT2D eigenvalue weighted by Gasteiger charge is -2.17. The first-order valence-corrected chi connectivity index (χ1v) is 7.79. The molecule has 0 aliphatic carbocycles. The van der Waals surface area contributed by atoms with Crippen LogP contribution >= 0.6 is 11.6 Å². The van der Waals surface area contributed by atoms with Gasteiger partial charge < -0.3 is 10.1 Å². The average molecular weight is 349 g/mol. The third-order valence-electron chi connectivity index (χ3n) is 3.45. The summed E-state index contributed by atoms with van der Waals surface area (Å²) < 4.78 is 5.70. The molecule has 24 heavy (non-hydrogen) atoms. The van der Waals surface area contributed by atoms with Crippen LogP contribution in [0.5, 0.6) is 5.75 Å². The van der Waals surface area contributed by atoms with Crippen LogP contribution < -0.4 is 10.1 Å². The largest absolute Gasteiger partial charge is 0.481 e. The minimum absolute atomic E-state index is 0.153. The van der Waals surface area contributed by atoms with E-state index in [-0.39, 0.29) is 16.4 Å². The molecule has 0 unspecified atom stereocenters. The number of para-hydroxylation sites is 1. The molecule has 0 aliphatic heterocycles. The van der Waals surface area contributed by atoms with E-state index in [9.17, 15) is 14.9 Å². The van der Waals surface area contributed by atoms with Gasteiger partial charge in [-0.25, -0.2) is 0 Å². The Kier molecular flexibility index (Phi) is 5.76. The van der Waals surface area contributed by atoms with E-state index in [0.717, 1.165) is 12.0 Å². The van der Waals surface area contributed by atoms with Gasteiger partial charge in [0.15, 0.2) is 6.10 Å². The summed E-state index contributed by atoms with van der Waals surface area (Å²) in [4.78, 5) is 22.6. The molecular weight excluding hydrogens is 332 g/mol. The fourth-order valence-corrected chi connectivity index (χ4v) is 2.28. The Morgan fingerprint density at radius 3 is 2.71 bits per heavy atom. The molecule has 2 aromatic rings. The van der Waals surface area contributed by atoms with E-state index in [1.165, 1.54) is 18.2 Å². The van der Waals surface area contributed by atoms with Crippen LogP contribution in [0.4, 0.5) is 11.4 Å². The van der Waals surface area contributed by atoms with Crippen molar-refractivity contribution in [3.63, 3.8) is 0 Å². The molecule has 0 aliphatic rings. The van der Waals surface area contributed by atoms with Crippen molar-refractivity contribution >= 4 is 28.9 Å². The molecule has 0 spiro atoms. The van der Waals surface area contributed by atoms with E-state index in [0.29, 0.717) is 5.75 Å². The standard InChI is InChI=1S/C17H17ClN2O4/c1-3-12-6-4-5-7-16(12)24-11(2)17(21)19-15-10-13(20(22)23)8-9-14(15)18/h4-11H,3H2,1-2H3,(H,19,21)/t11-/m0/s1. The normalized spacial score (nSPS) is 11.6. The Morgan fingerprint density at radius 1 is 1.33 bits per heavy atom. The molecule has 2 rings (SSSR count). The van der Waals surface area contributed by atoms with E-state index in [1.54, 1.807) is 13.0 Å². The molecule has 0 saturated heterocycles. The van der Waals surface area contributed by atoms with Crippen molar-refractivity contribution in [1.29, 1.82) is 0 Å². The van der Waals surface area contributed by atoms with Gasteiger partial charge in [-0.15, -0.1) is 0 Å². The first kappa shape index (κ1) is 17.7. The van der Waals surface area contributed by atoms with Gasteiger partial charge in [0.2, 0.25) is 0 Å². The van der Waals surface area contributed by atoms with Crippen LogP contribution in [0.2, 0.25) is 5.02 Å². The highest BCUT2D eigenvalue weighted by atomic mass is 35.5. The van der Waals surface area contributed by atoms with Crippen LogP contribution in [-0.2, 0) is 11.2 Å². The number of ether oxygens (including phenoxy) is 1. The van der Waals surface area contributed by atoms with E-state index in [2.05, 4.69) is 5.32 Å². The molecule has 0 bridgehead atoms. The van der Waals surface area contributed by atoms with Gasteiger partial charge in [0.05, 0.1) is 15.6 Å². The third-order valence-corrected chi connectivity index (χ3v) is 3.77. The summed E-state index contributed by atoms with van der Waals surface area (Å²) in [5.41, 5.74) is 1.01. The van der Waals surface area contributed by atoms with Gasteiger partial charge in [0, 0.05) is 12.1 Å². The molecule has 0 fully saturated rings. The van der Waals surface area contributed by atoms with Crippen LogP contribution in [0, 0.1) is 10.1 Å². The lowest BCUT2D eigenvalue weighted by Crippen LogP contribution is -2.30. The second kappa shape index (κ2) is 7.79. The number of carbonyl (C=O) groups excluding carboxylic acids is 1. The van der Waals surface area contributed by atoms with E-state index < -0.39 is 16.9 Å². The number of non-ortho nitro benzene ring substituents is 1. The second-order valence-corrected chi connectivity index (χ2v) is 5.54. The minimum atomic E-state index is -0.784. The predicted molar refractivity (Wildman–Crippen MR) is 92.6 cm³/mol. The van der Waals surface area contributed by atoms with Gasteiger partial charge in [0.25, 0.3) is 11.6 Å². The van der Waals surface area contributed by atoms with Gasteiger partial charge in [0.1, 0.15) is 5.75 Å². The molecule has 1 N–H and O–H groups in total. The minimum Gasteiger partial charge on any atom is -0.481 e. The predicted octanol–water partition coefficient (Wildman–Crippen LogP) is 4.22. The maximum Gasteiger partial charge on any atom is 0.271 e. The molecule has 1 amide bonds. The van der Waals surface area contributed by atoms with Gasteiger partial charge in [-0.3, -0.25) is 14.9 Å². The molecule has 0 saturated carbocycles. The molecule has 0 radical (unpaired) electrons. The number of hydrogen-bond donors (Lipinski definition) is 1. The molecule has 126 valence electrons. The number of nitrogens with one attached hydrogen (secondary N) is 1. The van der Waals surface area contributed by atoms with Crippen LogP contribution in [-0.4, -0.2) is 16.9 Å². The first-order valence-electron chi connectivity index (χ1n) is 7.41. The van der Waals surface area contributed by atoms with Crippen molar-refractivity contribution in [3.05, 3.63) is 63.2 Å². The maximum atomic E-state index is 12.3. The third kappa shape index (κ3) is 4.23. The monoisotopic (exact) mass is 348 g/mol. The molecule has 6 nitrogen and oxygen atoms in total. The molecule has 1 atom stereocenters. The number of rotatable bonds is 6. The SMILES string of the molecule is CCc1ccccc1O[C@@H](C)C(=O)Nc1cc([N+](=O)[O-])ccc1Cl. The van der Waals surface area contributed by atoms with Gasteiger partial charge >= 0.3 is 0 Å². The van der Waals surface area contributed by atoms with Crippen LogP contribution in [0.25, 0.3) is 0 Å². The summed E-state index contributed by atoms with van der Waals surface area (Å²) in [6, 6.07) is 11.3. The highest BCUT2D eigenvalue weighted by Crippen LogP contribution is 2.27. The smallest absolute Gasteiger partial charge is 0.271 e. The van der Waals surface area contributed by atoms with Crippen LogP contribution in [0.15, 0.2) is 42.5 Å². The van der Waals surface area contributed by atoms with E-state index >= 15 is 0 Å². The van der Waals surface area contributed by atoms with Gasteiger partial charge in [-0.2, -0.15) is 0 Å². The Balaban J connectivity index is 2.12. The summed E-state index contributed by atoms with van der Waals surface area (Å²) >= 11 is 5.98. The Bertz CT molecular complexity index is 764. The number of nitrogens with zero attached hydrogens (tertiary/aromatic N) is 1. The van der Waals surface area contributed by atoms with Crippen molar-refractivity contribution in [2.75, 3.05) is 5.32 Å². The lowest BCUT2D eigenvalue weighted by molar-refractivity contribution is -0.384. The van der Waals surface area contributed by atoms with Crippen molar-refractivity contribution in [2.24, 2.45) is 0 Å². The van der Waals surface area contributed by atoms with Crippen LogP contribution in [0.3, 0.4) is 0 Å². The first-order chi connectivity index (χ1) is 11.4. The highest BCUT2D eigenvalue weighted by Gasteiger charge is 2.18. The molecule has 7 heteroatoms. The van der Waals surface area contributed by atoms with Crippen molar-refractivity contribution in [1.82, 2.24) is 0 Å². The van der Waals surface area contributed by atoms with E-state index in [4.69, 9.17) is 16.3 Å². The van der Waals surface area contributed by atoms with Crippen molar-refractivity contribution in [3.8, 4) is 5.75 Å². The fraction of sp³-hybridized carbons (Fsp3) is 0.235. The fourth-order valence-electron chi connectivity index (χ4n) is 2.11.